The maximum atomic E-state index is 13.8. The van der Waals surface area contributed by atoms with Crippen molar-refractivity contribution in [2.24, 2.45) is 5.92 Å². The monoisotopic (exact) mass is 491 g/mol. The minimum atomic E-state index is -0.847. The second-order valence-corrected chi connectivity index (χ2v) is 8.61. The number of rotatable bonds is 6. The fraction of sp³-hybridized carbons (Fsp3) is 0.188. The molecule has 186 valence electrons. The molecule has 0 fully saturated rings. The van der Waals surface area contributed by atoms with E-state index >= 15 is 0 Å². The van der Waals surface area contributed by atoms with Crippen molar-refractivity contribution in [2.75, 3.05) is 6.61 Å². The number of carbonyl (C=O) groups is 2. The van der Waals surface area contributed by atoms with Gasteiger partial charge in [0.1, 0.15) is 6.61 Å². The first-order valence-electron chi connectivity index (χ1n) is 12.2. The third-order valence-corrected chi connectivity index (χ3v) is 6.10. The molecule has 3 aromatic rings. The van der Waals surface area contributed by atoms with E-state index < -0.39 is 17.9 Å². The van der Waals surface area contributed by atoms with Gasteiger partial charge in [-0.15, -0.1) is 0 Å². The molecule has 0 spiro atoms. The van der Waals surface area contributed by atoms with Crippen LogP contribution in [0, 0.1) is 24.7 Å². The molecule has 0 saturated heterocycles. The molecule has 37 heavy (non-hydrogen) atoms. The second-order valence-electron chi connectivity index (χ2n) is 8.61. The molecule has 1 N–H and O–H groups in total. The van der Waals surface area contributed by atoms with Gasteiger partial charge in [-0.2, -0.15) is 0 Å². The first kappa shape index (κ1) is 25.5. The Morgan fingerprint density at radius 2 is 1.43 bits per heavy atom. The largest absolute Gasteiger partial charge is 0.463 e. The molecule has 0 amide bonds. The van der Waals surface area contributed by atoms with Crippen molar-refractivity contribution in [3.05, 3.63) is 124 Å². The minimum absolute atomic E-state index is 0.105. The molecule has 4 rings (SSSR count). The van der Waals surface area contributed by atoms with Crippen molar-refractivity contribution in [2.45, 2.75) is 27.4 Å². The highest BCUT2D eigenvalue weighted by Gasteiger charge is 2.37. The van der Waals surface area contributed by atoms with Gasteiger partial charge < -0.3 is 14.8 Å². The van der Waals surface area contributed by atoms with Crippen LogP contribution in [-0.2, 0) is 25.7 Å². The molecule has 5 heteroatoms. The average molecular weight is 492 g/mol. The Morgan fingerprint density at radius 3 is 2.11 bits per heavy atom. The molecule has 1 aliphatic rings. The Labute approximate surface area is 217 Å². The number of carbonyl (C=O) groups excluding carboxylic acids is 2. The molecule has 0 aromatic heterocycles. The predicted molar refractivity (Wildman–Crippen MR) is 144 cm³/mol. The topological polar surface area (TPSA) is 64.6 Å². The van der Waals surface area contributed by atoms with Crippen LogP contribution in [0.3, 0.4) is 0 Å². The molecular formula is C32H29NO4. The van der Waals surface area contributed by atoms with Crippen LogP contribution in [0.5, 0.6) is 0 Å². The summed E-state index contributed by atoms with van der Waals surface area (Å²) in [6, 6.07) is 26.7. The predicted octanol–water partition coefficient (Wildman–Crippen LogP) is 5.56. The van der Waals surface area contributed by atoms with E-state index in [1.54, 1.807) is 13.8 Å². The van der Waals surface area contributed by atoms with Crippen molar-refractivity contribution >= 4 is 17.6 Å². The Kier molecular flexibility index (Phi) is 8.22. The maximum Gasteiger partial charge on any atom is 0.338 e. The number of allylic oxidation sites excluding steroid dienone is 1. The van der Waals surface area contributed by atoms with Gasteiger partial charge in [0.2, 0.25) is 0 Å². The van der Waals surface area contributed by atoms with E-state index in [0.717, 1.165) is 22.3 Å². The van der Waals surface area contributed by atoms with E-state index in [9.17, 15) is 9.59 Å². The van der Waals surface area contributed by atoms with Gasteiger partial charge in [-0.3, -0.25) is 0 Å². The number of nitrogens with one attached hydrogen (secondary N) is 1. The maximum absolute atomic E-state index is 13.8. The molecule has 3 aromatic carbocycles. The summed E-state index contributed by atoms with van der Waals surface area (Å²) in [6.45, 7) is 5.82. The molecule has 1 heterocycles. The first-order valence-corrected chi connectivity index (χ1v) is 12.2. The van der Waals surface area contributed by atoms with Crippen molar-refractivity contribution in [1.82, 2.24) is 5.32 Å². The summed E-state index contributed by atoms with van der Waals surface area (Å²) in [7, 11) is 0. The van der Waals surface area contributed by atoms with E-state index in [2.05, 4.69) is 17.2 Å². The molecule has 0 bridgehead atoms. The lowest BCUT2D eigenvalue weighted by Crippen LogP contribution is -2.33. The van der Waals surface area contributed by atoms with Gasteiger partial charge in [0.15, 0.2) is 0 Å². The number of hydrogen-bond acceptors (Lipinski definition) is 5. The molecule has 0 saturated carbocycles. The van der Waals surface area contributed by atoms with Crippen LogP contribution < -0.4 is 5.32 Å². The van der Waals surface area contributed by atoms with Crippen molar-refractivity contribution in [3.63, 3.8) is 0 Å². The van der Waals surface area contributed by atoms with Crippen LogP contribution in [0.1, 0.15) is 36.1 Å². The molecule has 0 radical (unpaired) electrons. The highest BCUT2D eigenvalue weighted by molar-refractivity contribution is 6.04. The summed E-state index contributed by atoms with van der Waals surface area (Å²) in [6.07, 6.45) is 0. The number of dihydropyridines is 1. The van der Waals surface area contributed by atoms with E-state index in [1.165, 1.54) is 0 Å². The van der Waals surface area contributed by atoms with Crippen molar-refractivity contribution in [1.29, 1.82) is 0 Å². The zero-order valence-electron chi connectivity index (χ0n) is 21.2. The van der Waals surface area contributed by atoms with Crippen LogP contribution in [0.25, 0.3) is 5.70 Å². The van der Waals surface area contributed by atoms with Gasteiger partial charge in [-0.05, 0) is 49.6 Å². The van der Waals surface area contributed by atoms with Gasteiger partial charge in [0, 0.05) is 11.3 Å². The standard InChI is InChI=1S/C32H29NO4/c1-4-36-31(34)28-23(3)33-30(25-16-9-6-10-17-25)29(27(28)20-19-24-14-7-5-8-15-24)32(35)37-21-26-18-12-11-13-22(26)2/h5-18,27,33H,4,21H2,1-3H3/t27-/m0/s1. The Morgan fingerprint density at radius 1 is 0.811 bits per heavy atom. The fourth-order valence-corrected chi connectivity index (χ4v) is 4.17. The van der Waals surface area contributed by atoms with Gasteiger partial charge in [-0.1, -0.05) is 84.6 Å². The number of benzene rings is 3. The Balaban J connectivity index is 1.83. The summed E-state index contributed by atoms with van der Waals surface area (Å²) >= 11 is 0. The minimum Gasteiger partial charge on any atom is -0.463 e. The van der Waals surface area contributed by atoms with Crippen LogP contribution >= 0.6 is 0 Å². The zero-order valence-corrected chi connectivity index (χ0v) is 21.2. The van der Waals surface area contributed by atoms with E-state index in [0.29, 0.717) is 17.0 Å². The fourth-order valence-electron chi connectivity index (χ4n) is 4.17. The number of aryl methyl sites for hydroxylation is 1. The lowest BCUT2D eigenvalue weighted by Gasteiger charge is -2.29. The second kappa shape index (κ2) is 11.9. The smallest absolute Gasteiger partial charge is 0.338 e. The van der Waals surface area contributed by atoms with E-state index in [1.807, 2.05) is 91.9 Å². The van der Waals surface area contributed by atoms with Crippen LogP contribution in [0.2, 0.25) is 0 Å². The quantitative estimate of drug-likeness (QED) is 0.361. The van der Waals surface area contributed by atoms with E-state index in [-0.39, 0.29) is 18.8 Å². The lowest BCUT2D eigenvalue weighted by atomic mass is 9.84. The normalized spacial score (nSPS) is 14.8. The molecule has 1 atom stereocenters. The molecule has 0 aliphatic carbocycles. The summed E-state index contributed by atoms with van der Waals surface area (Å²) < 4.78 is 11.2. The van der Waals surface area contributed by atoms with Gasteiger partial charge in [0.05, 0.1) is 29.4 Å². The van der Waals surface area contributed by atoms with Crippen LogP contribution in [0.15, 0.2) is 102 Å². The average Bonchev–Trinajstić information content (AvgIpc) is 2.92. The Hall–Kier alpha value is -4.56. The lowest BCUT2D eigenvalue weighted by molar-refractivity contribution is -0.140. The van der Waals surface area contributed by atoms with Gasteiger partial charge >= 0.3 is 11.9 Å². The summed E-state index contributed by atoms with van der Waals surface area (Å²) in [5, 5.41) is 3.28. The van der Waals surface area contributed by atoms with Crippen LogP contribution in [-0.4, -0.2) is 18.5 Å². The highest BCUT2D eigenvalue weighted by atomic mass is 16.5. The van der Waals surface area contributed by atoms with Gasteiger partial charge in [-0.25, -0.2) is 9.59 Å². The molecule has 1 aliphatic heterocycles. The SMILES string of the molecule is CCOC(=O)C1=C(C)NC(c2ccccc2)=C(C(=O)OCc2ccccc2C)[C@H]1C#Cc1ccccc1. The first-order chi connectivity index (χ1) is 18.0. The Bertz CT molecular complexity index is 1410. The van der Waals surface area contributed by atoms with Crippen LogP contribution in [0.4, 0.5) is 0 Å². The van der Waals surface area contributed by atoms with Crippen molar-refractivity contribution in [3.8, 4) is 11.8 Å². The number of ether oxygens (including phenoxy) is 2. The highest BCUT2D eigenvalue weighted by Crippen LogP contribution is 2.35. The number of hydrogen-bond donors (Lipinski definition) is 1. The third-order valence-electron chi connectivity index (χ3n) is 6.10. The third kappa shape index (κ3) is 5.99. The molecule has 0 unspecified atom stereocenters. The molecular weight excluding hydrogens is 462 g/mol. The van der Waals surface area contributed by atoms with Crippen molar-refractivity contribution < 1.29 is 19.1 Å². The zero-order chi connectivity index (χ0) is 26.2. The summed E-state index contributed by atoms with van der Waals surface area (Å²) in [4.78, 5) is 26.9. The molecule has 5 nitrogen and oxygen atoms in total. The summed E-state index contributed by atoms with van der Waals surface area (Å²) in [5.74, 6) is 4.42. The number of esters is 2. The van der Waals surface area contributed by atoms with E-state index in [4.69, 9.17) is 9.47 Å². The summed E-state index contributed by atoms with van der Waals surface area (Å²) in [5.41, 5.74) is 5.22. The van der Waals surface area contributed by atoms with Gasteiger partial charge in [0.25, 0.3) is 0 Å².